The summed E-state index contributed by atoms with van der Waals surface area (Å²) in [6.07, 6.45) is -1.28. The van der Waals surface area contributed by atoms with E-state index in [9.17, 15) is 15.0 Å². The average Bonchev–Trinajstić information content (AvgIpc) is 2.41. The Bertz CT molecular complexity index is 454. The molecule has 0 saturated heterocycles. The molecule has 0 heterocycles. The van der Waals surface area contributed by atoms with E-state index in [4.69, 9.17) is 13.6 Å². The fraction of sp³-hybridized carbons (Fsp3) is 0.824. The fourth-order valence-corrected chi connectivity index (χ4v) is 4.97. The maximum Gasteiger partial charge on any atom is 0.333 e. The molecule has 6 nitrogen and oxygen atoms in total. The second-order valence-electron chi connectivity index (χ2n) is 8.47. The van der Waals surface area contributed by atoms with Crippen LogP contribution in [0.4, 0.5) is 0 Å². The highest BCUT2D eigenvalue weighted by atomic mass is 28.4. The van der Waals surface area contributed by atoms with Crippen LogP contribution < -0.4 is 0 Å². The summed E-state index contributed by atoms with van der Waals surface area (Å²) in [5.74, 6) is -2.81. The van der Waals surface area contributed by atoms with E-state index in [0.717, 1.165) is 22.0 Å². The molecule has 0 amide bonds. The minimum atomic E-state index is -2.27. The van der Waals surface area contributed by atoms with Gasteiger partial charge >= 0.3 is 5.97 Å². The molecular formula is C17H36O6Si3. The molecule has 0 aliphatic carbocycles. The van der Waals surface area contributed by atoms with Crippen molar-refractivity contribution in [3.05, 3.63) is 12.2 Å². The molecule has 0 rings (SSSR count). The summed E-state index contributed by atoms with van der Waals surface area (Å²) in [7, 11) is -3.78. The first kappa shape index (κ1) is 25.7. The van der Waals surface area contributed by atoms with Gasteiger partial charge in [0.25, 0.3) is 5.97 Å². The Labute approximate surface area is 163 Å². The van der Waals surface area contributed by atoms with Crippen LogP contribution >= 0.6 is 0 Å². The van der Waals surface area contributed by atoms with E-state index < -0.39 is 40.8 Å². The Hall–Kier alpha value is -0.299. The Balaban J connectivity index is 5.64. The molecule has 2 N–H and O–H groups in total. The third-order valence-electron chi connectivity index (χ3n) is 3.15. The summed E-state index contributed by atoms with van der Waals surface area (Å²) < 4.78 is 17.1. The van der Waals surface area contributed by atoms with E-state index in [0.29, 0.717) is 6.42 Å². The van der Waals surface area contributed by atoms with E-state index >= 15 is 0 Å². The van der Waals surface area contributed by atoms with Crippen LogP contribution in [0.25, 0.3) is 0 Å². The smallest absolute Gasteiger partial charge is 0.333 e. The molecule has 2 radical (unpaired) electrons. The van der Waals surface area contributed by atoms with Crippen molar-refractivity contribution in [3.63, 3.8) is 0 Å². The van der Waals surface area contributed by atoms with Crippen molar-refractivity contribution in [1.82, 2.24) is 0 Å². The van der Waals surface area contributed by atoms with Crippen LogP contribution in [-0.4, -0.2) is 60.5 Å². The monoisotopic (exact) mass is 420 g/mol. The number of carbonyl (C=O) groups is 1. The van der Waals surface area contributed by atoms with Gasteiger partial charge in [-0.2, -0.15) is 0 Å². The van der Waals surface area contributed by atoms with E-state index in [2.05, 4.69) is 13.1 Å². The molecule has 0 spiro atoms. The highest BCUT2D eigenvalue weighted by Gasteiger charge is 2.49. The molecule has 26 heavy (non-hydrogen) atoms. The maximum absolute atomic E-state index is 12.0. The number of carbonyl (C=O) groups excluding carboxylic acids is 1. The maximum atomic E-state index is 12.0. The summed E-state index contributed by atoms with van der Waals surface area (Å²) in [5.41, 5.74) is 0.236. The molecule has 0 aliphatic heterocycles. The lowest BCUT2D eigenvalue weighted by Crippen LogP contribution is -2.61. The Kier molecular flexibility index (Phi) is 10.2. The van der Waals surface area contributed by atoms with Gasteiger partial charge < -0.3 is 23.8 Å². The van der Waals surface area contributed by atoms with Gasteiger partial charge in [-0.1, -0.05) is 25.6 Å². The summed E-state index contributed by atoms with van der Waals surface area (Å²) in [4.78, 5) is 12.0. The minimum absolute atomic E-state index is 0.236. The predicted molar refractivity (Wildman–Crippen MR) is 110 cm³/mol. The van der Waals surface area contributed by atoms with Gasteiger partial charge in [-0.15, -0.1) is 0 Å². The lowest BCUT2D eigenvalue weighted by Gasteiger charge is -2.43. The number of rotatable bonds is 12. The van der Waals surface area contributed by atoms with Gasteiger partial charge in [0.2, 0.25) is 0 Å². The van der Waals surface area contributed by atoms with Crippen molar-refractivity contribution in [1.29, 1.82) is 0 Å². The van der Waals surface area contributed by atoms with E-state index in [1.54, 1.807) is 6.92 Å². The van der Waals surface area contributed by atoms with E-state index in [1.165, 1.54) is 0 Å². The van der Waals surface area contributed by atoms with Crippen molar-refractivity contribution < 1.29 is 28.6 Å². The van der Waals surface area contributed by atoms with Gasteiger partial charge in [-0.3, -0.25) is 0 Å². The molecular weight excluding hydrogens is 384 g/mol. The first-order valence-electron chi connectivity index (χ1n) is 8.93. The Morgan fingerprint density at radius 1 is 1.15 bits per heavy atom. The van der Waals surface area contributed by atoms with Gasteiger partial charge in [0.1, 0.15) is 6.10 Å². The molecule has 2 atom stereocenters. The molecule has 0 aromatic rings. The standard InChI is InChI=1S/C17H36O6Si3/c1-13(2)16(19)21-14(11-10-12-24-3)15(18)17(20,22-25(4,5)6)23-26(7,8)9/h14-15,18,20H,1,10-12H2,2-9H3. The zero-order valence-corrected chi connectivity index (χ0v) is 20.5. The molecule has 0 fully saturated rings. The van der Waals surface area contributed by atoms with Crippen LogP contribution in [0, 0.1) is 0 Å². The summed E-state index contributed by atoms with van der Waals surface area (Å²) in [6, 6.07) is 0.954. The largest absolute Gasteiger partial charge is 0.456 e. The van der Waals surface area contributed by atoms with Crippen molar-refractivity contribution >= 4 is 32.1 Å². The molecule has 2 unspecified atom stereocenters. The number of ether oxygens (including phenoxy) is 1. The summed E-state index contributed by atoms with van der Waals surface area (Å²) in [6.45, 7) is 18.6. The molecule has 152 valence electrons. The van der Waals surface area contributed by atoms with Crippen LogP contribution in [0.5, 0.6) is 0 Å². The van der Waals surface area contributed by atoms with Gasteiger partial charge in [0, 0.05) is 15.1 Å². The van der Waals surface area contributed by atoms with Crippen LogP contribution in [-0.2, 0) is 18.4 Å². The number of esters is 1. The van der Waals surface area contributed by atoms with Crippen molar-refractivity contribution in [2.45, 2.75) is 89.8 Å². The van der Waals surface area contributed by atoms with Crippen LogP contribution in [0.1, 0.15) is 19.8 Å². The predicted octanol–water partition coefficient (Wildman–Crippen LogP) is 3.14. The summed E-state index contributed by atoms with van der Waals surface area (Å²) >= 11 is 0. The van der Waals surface area contributed by atoms with E-state index in [1.807, 2.05) is 39.3 Å². The topological polar surface area (TPSA) is 85.2 Å². The third-order valence-corrected chi connectivity index (χ3v) is 5.82. The van der Waals surface area contributed by atoms with Gasteiger partial charge in [-0.25, -0.2) is 4.79 Å². The average molecular weight is 421 g/mol. The molecule has 0 saturated carbocycles. The first-order valence-corrected chi connectivity index (χ1v) is 17.5. The SMILES string of the molecule is C=C(C)C(=O)OC(CCC[Si]C)C(O)C(O)(O[Si](C)(C)C)O[Si](C)(C)C. The van der Waals surface area contributed by atoms with Crippen LogP contribution in [0.3, 0.4) is 0 Å². The number of aliphatic hydroxyl groups excluding tert-OH is 1. The van der Waals surface area contributed by atoms with Crippen molar-refractivity contribution in [2.75, 3.05) is 0 Å². The Morgan fingerprint density at radius 2 is 1.62 bits per heavy atom. The van der Waals surface area contributed by atoms with Crippen molar-refractivity contribution in [3.8, 4) is 0 Å². The first-order chi connectivity index (χ1) is 11.6. The Morgan fingerprint density at radius 3 is 1.96 bits per heavy atom. The molecule has 0 aromatic carbocycles. The molecule has 0 aliphatic rings. The van der Waals surface area contributed by atoms with Gasteiger partial charge in [0.15, 0.2) is 22.7 Å². The van der Waals surface area contributed by atoms with Crippen LogP contribution in [0.15, 0.2) is 12.2 Å². The highest BCUT2D eigenvalue weighted by molar-refractivity contribution is 6.70. The number of hydrogen-bond acceptors (Lipinski definition) is 6. The molecule has 9 heteroatoms. The van der Waals surface area contributed by atoms with Crippen LogP contribution in [0.2, 0.25) is 51.9 Å². The lowest BCUT2D eigenvalue weighted by molar-refractivity contribution is -0.343. The molecule has 0 bridgehead atoms. The zero-order chi connectivity index (χ0) is 20.8. The highest BCUT2D eigenvalue weighted by Crippen LogP contribution is 2.29. The normalized spacial score (nSPS) is 15.5. The lowest BCUT2D eigenvalue weighted by atomic mass is 10.1. The quantitative estimate of drug-likeness (QED) is 0.166. The number of aliphatic hydroxyl groups is 2. The fourth-order valence-electron chi connectivity index (χ4n) is 2.25. The third kappa shape index (κ3) is 10.1. The van der Waals surface area contributed by atoms with Gasteiger partial charge in [0.05, 0.1) is 0 Å². The zero-order valence-electron chi connectivity index (χ0n) is 17.5. The number of hydrogen-bond donors (Lipinski definition) is 2. The minimum Gasteiger partial charge on any atom is -0.456 e. The second kappa shape index (κ2) is 10.3. The molecule has 0 aromatic heterocycles. The summed E-state index contributed by atoms with van der Waals surface area (Å²) in [5, 5.41) is 22.0. The second-order valence-corrected chi connectivity index (χ2v) is 18.5. The van der Waals surface area contributed by atoms with Gasteiger partial charge in [-0.05, 0) is 52.6 Å². The van der Waals surface area contributed by atoms with Crippen molar-refractivity contribution in [2.24, 2.45) is 0 Å². The van der Waals surface area contributed by atoms with E-state index in [-0.39, 0.29) is 5.57 Å².